The predicted octanol–water partition coefficient (Wildman–Crippen LogP) is 1.76. The summed E-state index contributed by atoms with van der Waals surface area (Å²) in [4.78, 5) is 14.5. The number of amides is 1. The molecule has 0 aliphatic carbocycles. The van der Waals surface area contributed by atoms with Gasteiger partial charge in [-0.2, -0.15) is 13.2 Å². The van der Waals surface area contributed by atoms with Gasteiger partial charge in [0, 0.05) is 6.61 Å². The minimum Gasteiger partial charge on any atom is -0.474 e. The highest BCUT2D eigenvalue weighted by Gasteiger charge is 2.36. The van der Waals surface area contributed by atoms with Crippen LogP contribution < -0.4 is 10.5 Å². The van der Waals surface area contributed by atoms with Crippen molar-refractivity contribution in [3.05, 3.63) is 23.4 Å². The maximum atomic E-state index is 12.8. The molecular weight excluding hydrogens is 277 g/mol. The maximum Gasteiger partial charge on any atom is 0.421 e. The first-order valence-electron chi connectivity index (χ1n) is 6.00. The molecule has 5 nitrogen and oxygen atoms in total. The summed E-state index contributed by atoms with van der Waals surface area (Å²) in [5.41, 5.74) is 3.68. The van der Waals surface area contributed by atoms with Gasteiger partial charge in [0.2, 0.25) is 5.88 Å². The molecule has 1 amide bonds. The fourth-order valence-corrected chi connectivity index (χ4v) is 1.85. The highest BCUT2D eigenvalue weighted by Crippen LogP contribution is 2.35. The molecule has 0 bridgehead atoms. The van der Waals surface area contributed by atoms with Crippen LogP contribution in [0.5, 0.6) is 5.88 Å². The quantitative estimate of drug-likeness (QED) is 0.917. The number of halogens is 3. The van der Waals surface area contributed by atoms with Crippen LogP contribution in [0.3, 0.4) is 0 Å². The van der Waals surface area contributed by atoms with Gasteiger partial charge in [-0.05, 0) is 25.0 Å². The topological polar surface area (TPSA) is 74.4 Å². The molecule has 8 heteroatoms. The molecule has 20 heavy (non-hydrogen) atoms. The summed E-state index contributed by atoms with van der Waals surface area (Å²) in [6.07, 6.45) is -3.31. The normalized spacial score (nSPS) is 19.1. The molecule has 1 aromatic heterocycles. The smallest absolute Gasteiger partial charge is 0.421 e. The number of ether oxygens (including phenoxy) is 2. The van der Waals surface area contributed by atoms with Crippen LogP contribution in [-0.4, -0.2) is 30.2 Å². The van der Waals surface area contributed by atoms with Gasteiger partial charge in [-0.25, -0.2) is 4.98 Å². The third-order valence-corrected chi connectivity index (χ3v) is 2.85. The Morgan fingerprint density at radius 3 is 2.80 bits per heavy atom. The number of hydrogen-bond donors (Lipinski definition) is 1. The van der Waals surface area contributed by atoms with Gasteiger partial charge in [0.05, 0.1) is 6.10 Å². The van der Waals surface area contributed by atoms with Crippen LogP contribution >= 0.6 is 0 Å². The fraction of sp³-hybridized carbons (Fsp3) is 0.500. The molecule has 2 N–H and O–H groups in total. The number of carbonyl (C=O) groups excluding carboxylic acids is 1. The van der Waals surface area contributed by atoms with E-state index in [9.17, 15) is 18.0 Å². The van der Waals surface area contributed by atoms with Crippen molar-refractivity contribution in [3.8, 4) is 5.88 Å². The van der Waals surface area contributed by atoms with Crippen LogP contribution in [0.15, 0.2) is 12.1 Å². The number of nitrogens with zero attached hydrogens (tertiary/aromatic N) is 1. The van der Waals surface area contributed by atoms with Crippen molar-refractivity contribution in [2.75, 3.05) is 13.2 Å². The van der Waals surface area contributed by atoms with E-state index in [0.29, 0.717) is 6.61 Å². The summed E-state index contributed by atoms with van der Waals surface area (Å²) in [6.45, 7) is 0.521. The summed E-state index contributed by atoms with van der Waals surface area (Å²) in [5.74, 6) is -1.56. The Balaban J connectivity index is 2.21. The highest BCUT2D eigenvalue weighted by molar-refractivity contribution is 5.90. The first kappa shape index (κ1) is 14.6. The minimum absolute atomic E-state index is 0.0434. The van der Waals surface area contributed by atoms with Crippen molar-refractivity contribution in [1.82, 2.24) is 4.98 Å². The van der Waals surface area contributed by atoms with E-state index in [1.807, 2.05) is 0 Å². The molecule has 0 saturated carbocycles. The second kappa shape index (κ2) is 5.66. The largest absolute Gasteiger partial charge is 0.474 e. The highest BCUT2D eigenvalue weighted by atomic mass is 19.4. The number of alkyl halides is 3. The van der Waals surface area contributed by atoms with E-state index in [0.717, 1.165) is 25.0 Å². The van der Waals surface area contributed by atoms with E-state index < -0.39 is 23.5 Å². The van der Waals surface area contributed by atoms with Crippen LogP contribution in [-0.2, 0) is 10.9 Å². The van der Waals surface area contributed by atoms with Gasteiger partial charge >= 0.3 is 6.18 Å². The zero-order valence-electron chi connectivity index (χ0n) is 10.4. The molecule has 1 aliphatic heterocycles. The summed E-state index contributed by atoms with van der Waals surface area (Å²) in [7, 11) is 0. The minimum atomic E-state index is -4.62. The van der Waals surface area contributed by atoms with Crippen LogP contribution in [0.25, 0.3) is 0 Å². The van der Waals surface area contributed by atoms with Gasteiger partial charge < -0.3 is 15.2 Å². The van der Waals surface area contributed by atoms with Crippen molar-refractivity contribution < 1.29 is 27.4 Å². The van der Waals surface area contributed by atoms with Crippen molar-refractivity contribution in [3.63, 3.8) is 0 Å². The summed E-state index contributed by atoms with van der Waals surface area (Å²) in [5, 5.41) is 0. The van der Waals surface area contributed by atoms with Gasteiger partial charge in [-0.3, -0.25) is 4.79 Å². The van der Waals surface area contributed by atoms with Crippen LogP contribution in [0.4, 0.5) is 13.2 Å². The molecular formula is C12H13F3N2O3. The Bertz CT molecular complexity index is 499. The Hall–Kier alpha value is -1.83. The lowest BCUT2D eigenvalue weighted by Crippen LogP contribution is -2.21. The number of hydrogen-bond acceptors (Lipinski definition) is 4. The summed E-state index contributed by atoms with van der Waals surface area (Å²) < 4.78 is 48.8. The molecule has 110 valence electrons. The molecule has 1 aliphatic rings. The number of pyridine rings is 1. The predicted molar refractivity (Wildman–Crippen MR) is 62.2 cm³/mol. The molecule has 2 heterocycles. The van der Waals surface area contributed by atoms with Crippen LogP contribution in [0.1, 0.15) is 28.9 Å². The molecule has 0 aromatic carbocycles. The lowest BCUT2D eigenvalue weighted by Gasteiger charge is -2.15. The SMILES string of the molecule is NC(=O)c1ccc(C(F)(F)F)c(OCC2CCCO2)n1. The van der Waals surface area contributed by atoms with Gasteiger partial charge in [0.25, 0.3) is 5.91 Å². The number of carbonyl (C=O) groups is 1. The molecule has 0 spiro atoms. The maximum absolute atomic E-state index is 12.8. The summed E-state index contributed by atoms with van der Waals surface area (Å²) >= 11 is 0. The van der Waals surface area contributed by atoms with E-state index in [1.165, 1.54) is 0 Å². The van der Waals surface area contributed by atoms with Gasteiger partial charge in [-0.1, -0.05) is 0 Å². The molecule has 1 unspecified atom stereocenters. The fourth-order valence-electron chi connectivity index (χ4n) is 1.85. The van der Waals surface area contributed by atoms with Crippen molar-refractivity contribution in [2.45, 2.75) is 25.1 Å². The number of nitrogens with two attached hydrogens (primary N) is 1. The van der Waals surface area contributed by atoms with Crippen molar-refractivity contribution >= 4 is 5.91 Å². The molecule has 0 radical (unpaired) electrons. The average Bonchev–Trinajstić information content (AvgIpc) is 2.87. The van der Waals surface area contributed by atoms with Gasteiger partial charge in [-0.15, -0.1) is 0 Å². The van der Waals surface area contributed by atoms with Gasteiger partial charge in [0.1, 0.15) is 17.9 Å². The van der Waals surface area contributed by atoms with Crippen molar-refractivity contribution in [2.24, 2.45) is 5.73 Å². The van der Waals surface area contributed by atoms with Crippen LogP contribution in [0.2, 0.25) is 0 Å². The zero-order valence-corrected chi connectivity index (χ0v) is 10.4. The van der Waals surface area contributed by atoms with E-state index in [2.05, 4.69) is 4.98 Å². The van der Waals surface area contributed by atoms with E-state index in [1.54, 1.807) is 0 Å². The first-order chi connectivity index (χ1) is 9.38. The molecule has 1 atom stereocenters. The molecule has 1 fully saturated rings. The standard InChI is InChI=1S/C12H13F3N2O3/c13-12(14,15)8-3-4-9(10(16)18)17-11(8)20-6-7-2-1-5-19-7/h3-4,7H,1-2,5-6H2,(H2,16,18). The third-order valence-electron chi connectivity index (χ3n) is 2.85. The zero-order chi connectivity index (χ0) is 14.8. The molecule has 1 saturated heterocycles. The molecule has 2 rings (SSSR count). The second-order valence-corrected chi connectivity index (χ2v) is 4.36. The Labute approximate surface area is 112 Å². The van der Waals surface area contributed by atoms with Crippen molar-refractivity contribution in [1.29, 1.82) is 0 Å². The van der Waals surface area contributed by atoms with Crippen LogP contribution in [0, 0.1) is 0 Å². The lowest BCUT2D eigenvalue weighted by molar-refractivity contribution is -0.139. The monoisotopic (exact) mass is 290 g/mol. The average molecular weight is 290 g/mol. The van der Waals surface area contributed by atoms with E-state index in [-0.39, 0.29) is 18.4 Å². The lowest BCUT2D eigenvalue weighted by atomic mass is 10.2. The second-order valence-electron chi connectivity index (χ2n) is 4.36. The first-order valence-corrected chi connectivity index (χ1v) is 6.00. The third kappa shape index (κ3) is 3.38. The number of rotatable bonds is 4. The Kier molecular flexibility index (Phi) is 4.12. The summed E-state index contributed by atoms with van der Waals surface area (Å²) in [6, 6.07) is 1.65. The number of primary amides is 1. The Morgan fingerprint density at radius 1 is 1.50 bits per heavy atom. The number of aromatic nitrogens is 1. The molecule has 1 aromatic rings. The Morgan fingerprint density at radius 2 is 2.25 bits per heavy atom. The van der Waals surface area contributed by atoms with Gasteiger partial charge in [0.15, 0.2) is 0 Å². The van der Waals surface area contributed by atoms with E-state index >= 15 is 0 Å². The van der Waals surface area contributed by atoms with E-state index in [4.69, 9.17) is 15.2 Å².